The zero-order chi connectivity index (χ0) is 21.9. The average molecular weight is 420 g/mol. The summed E-state index contributed by atoms with van der Waals surface area (Å²) in [6.45, 7) is 0. The fourth-order valence-electron chi connectivity index (χ4n) is 3.60. The van der Waals surface area contributed by atoms with Crippen LogP contribution in [-0.2, 0) is 4.79 Å². The van der Waals surface area contributed by atoms with Crippen molar-refractivity contribution in [3.05, 3.63) is 96.6 Å². The van der Waals surface area contributed by atoms with Crippen LogP contribution in [0.2, 0.25) is 0 Å². The molecule has 1 amide bonds. The molecule has 0 radical (unpaired) electrons. The predicted molar refractivity (Wildman–Crippen MR) is 128 cm³/mol. The van der Waals surface area contributed by atoms with Crippen molar-refractivity contribution in [3.8, 4) is 17.2 Å². The molecule has 32 heavy (non-hydrogen) atoms. The molecule has 0 aliphatic rings. The summed E-state index contributed by atoms with van der Waals surface area (Å²) in [4.78, 5) is 17.0. The number of nitrogens with one attached hydrogen (secondary N) is 1. The van der Waals surface area contributed by atoms with Crippen LogP contribution >= 0.6 is 0 Å². The molecule has 1 aromatic heterocycles. The van der Waals surface area contributed by atoms with Crippen molar-refractivity contribution < 1.29 is 13.9 Å². The van der Waals surface area contributed by atoms with Crippen LogP contribution in [-0.4, -0.2) is 18.0 Å². The van der Waals surface area contributed by atoms with Crippen molar-refractivity contribution in [1.82, 2.24) is 4.98 Å². The van der Waals surface area contributed by atoms with Gasteiger partial charge < -0.3 is 14.5 Å². The molecule has 0 saturated carbocycles. The summed E-state index contributed by atoms with van der Waals surface area (Å²) >= 11 is 0. The van der Waals surface area contributed by atoms with E-state index in [-0.39, 0.29) is 5.91 Å². The van der Waals surface area contributed by atoms with Gasteiger partial charge in [-0.15, -0.1) is 0 Å². The number of methoxy groups -OCH3 is 1. The van der Waals surface area contributed by atoms with Crippen LogP contribution in [0.5, 0.6) is 5.75 Å². The van der Waals surface area contributed by atoms with Crippen LogP contribution in [0, 0.1) is 0 Å². The highest BCUT2D eigenvalue weighted by atomic mass is 16.5. The summed E-state index contributed by atoms with van der Waals surface area (Å²) in [6.07, 6.45) is 3.25. The van der Waals surface area contributed by atoms with Crippen molar-refractivity contribution >= 4 is 39.5 Å². The number of carbonyl (C=O) groups is 1. The second-order valence-corrected chi connectivity index (χ2v) is 7.32. The van der Waals surface area contributed by atoms with Gasteiger partial charge in [-0.1, -0.05) is 48.5 Å². The van der Waals surface area contributed by atoms with Gasteiger partial charge in [0.2, 0.25) is 11.8 Å². The molecule has 5 rings (SSSR count). The molecular formula is C27H20N2O3. The number of hydrogen-bond donors (Lipinski definition) is 1. The Morgan fingerprint density at radius 2 is 1.78 bits per heavy atom. The van der Waals surface area contributed by atoms with Crippen LogP contribution in [0.1, 0.15) is 5.56 Å². The summed E-state index contributed by atoms with van der Waals surface area (Å²) in [7, 11) is 1.62. The summed E-state index contributed by atoms with van der Waals surface area (Å²) in [6, 6.07) is 27.1. The molecule has 0 unspecified atom stereocenters. The number of nitrogens with zero attached hydrogens (tertiary/aromatic N) is 1. The number of carbonyl (C=O) groups excluding carboxylic acids is 1. The van der Waals surface area contributed by atoms with E-state index in [0.717, 1.165) is 27.6 Å². The van der Waals surface area contributed by atoms with Gasteiger partial charge in [0.15, 0.2) is 5.58 Å². The zero-order valence-corrected chi connectivity index (χ0v) is 17.4. The molecule has 0 aliphatic heterocycles. The number of hydrogen-bond acceptors (Lipinski definition) is 4. The van der Waals surface area contributed by atoms with E-state index < -0.39 is 0 Å². The highest BCUT2D eigenvalue weighted by Crippen LogP contribution is 2.31. The number of ether oxygens (including phenoxy) is 1. The van der Waals surface area contributed by atoms with Crippen LogP contribution in [0.4, 0.5) is 5.69 Å². The Balaban J connectivity index is 1.37. The Kier molecular flexibility index (Phi) is 5.14. The van der Waals surface area contributed by atoms with Crippen molar-refractivity contribution in [2.45, 2.75) is 0 Å². The summed E-state index contributed by atoms with van der Waals surface area (Å²) in [5.41, 5.74) is 3.85. The van der Waals surface area contributed by atoms with Gasteiger partial charge in [0.1, 0.15) is 11.3 Å². The van der Waals surface area contributed by atoms with Crippen LogP contribution in [0.25, 0.3) is 39.4 Å². The van der Waals surface area contributed by atoms with Gasteiger partial charge in [-0.05, 0) is 58.8 Å². The van der Waals surface area contributed by atoms with E-state index in [2.05, 4.69) is 28.5 Å². The quantitative estimate of drug-likeness (QED) is 0.339. The van der Waals surface area contributed by atoms with E-state index >= 15 is 0 Å². The number of oxazole rings is 1. The number of amides is 1. The van der Waals surface area contributed by atoms with E-state index in [1.54, 1.807) is 19.3 Å². The predicted octanol–water partition coefficient (Wildman–Crippen LogP) is 6.31. The van der Waals surface area contributed by atoms with Crippen LogP contribution < -0.4 is 10.1 Å². The van der Waals surface area contributed by atoms with E-state index in [1.807, 2.05) is 60.7 Å². The van der Waals surface area contributed by atoms with Gasteiger partial charge in [-0.2, -0.15) is 0 Å². The second-order valence-electron chi connectivity index (χ2n) is 7.32. The Hall–Kier alpha value is -4.38. The molecule has 5 heteroatoms. The second kappa shape index (κ2) is 8.40. The number of aromatic nitrogens is 1. The minimum absolute atomic E-state index is 0.224. The molecule has 1 N–H and O–H groups in total. The Morgan fingerprint density at radius 3 is 2.62 bits per heavy atom. The summed E-state index contributed by atoms with van der Waals surface area (Å²) in [5.74, 6) is 1.10. The smallest absolute Gasteiger partial charge is 0.248 e. The topological polar surface area (TPSA) is 64.4 Å². The fourth-order valence-corrected chi connectivity index (χ4v) is 3.60. The molecule has 5 aromatic rings. The Bertz CT molecular complexity index is 1440. The number of fused-ring (bicyclic) bond motifs is 2. The summed E-state index contributed by atoms with van der Waals surface area (Å²) in [5, 5.41) is 5.08. The molecule has 156 valence electrons. The van der Waals surface area contributed by atoms with Crippen molar-refractivity contribution in [3.63, 3.8) is 0 Å². The standard InChI is InChI=1S/C27H20N2O3/c1-31-21-13-9-18(10-14-21)11-16-26(30)28-20-12-15-25-24(17-20)29-27(32-25)23-8-4-6-19-5-2-3-7-22(19)23/h2-17H,1H3,(H,28,30)/b16-11+. The van der Waals surface area contributed by atoms with Gasteiger partial charge in [0, 0.05) is 17.3 Å². The molecule has 0 fully saturated rings. The minimum Gasteiger partial charge on any atom is -0.497 e. The maximum Gasteiger partial charge on any atom is 0.248 e. The Labute approximate surface area is 185 Å². The van der Waals surface area contributed by atoms with Gasteiger partial charge in [0.25, 0.3) is 0 Å². The molecule has 1 heterocycles. The lowest BCUT2D eigenvalue weighted by atomic mass is 10.0. The first-order valence-electron chi connectivity index (χ1n) is 10.2. The fraction of sp³-hybridized carbons (Fsp3) is 0.0370. The highest BCUT2D eigenvalue weighted by Gasteiger charge is 2.12. The van der Waals surface area contributed by atoms with Crippen LogP contribution in [0.3, 0.4) is 0 Å². The van der Waals surface area contributed by atoms with Crippen molar-refractivity contribution in [2.24, 2.45) is 0 Å². The third-order valence-corrected chi connectivity index (χ3v) is 5.22. The van der Waals surface area contributed by atoms with Crippen LogP contribution in [0.15, 0.2) is 95.4 Å². The van der Waals surface area contributed by atoms with E-state index in [9.17, 15) is 4.79 Å². The molecule has 0 aliphatic carbocycles. The first-order chi connectivity index (χ1) is 15.7. The van der Waals surface area contributed by atoms with E-state index in [0.29, 0.717) is 22.7 Å². The minimum atomic E-state index is -0.224. The SMILES string of the molecule is COc1ccc(/C=C/C(=O)Nc2ccc3oc(-c4cccc5ccccc45)nc3c2)cc1. The monoisotopic (exact) mass is 420 g/mol. The van der Waals surface area contributed by atoms with Gasteiger partial charge in [-0.25, -0.2) is 4.98 Å². The lowest BCUT2D eigenvalue weighted by Crippen LogP contribution is -2.07. The maximum absolute atomic E-state index is 12.4. The van der Waals surface area contributed by atoms with E-state index in [4.69, 9.17) is 9.15 Å². The molecule has 4 aromatic carbocycles. The van der Waals surface area contributed by atoms with E-state index in [1.165, 1.54) is 6.08 Å². The molecule has 0 bridgehead atoms. The molecule has 0 spiro atoms. The molecular weight excluding hydrogens is 400 g/mol. The lowest BCUT2D eigenvalue weighted by Gasteiger charge is -2.02. The zero-order valence-electron chi connectivity index (χ0n) is 17.4. The van der Waals surface area contributed by atoms with Crippen molar-refractivity contribution in [2.75, 3.05) is 12.4 Å². The number of rotatable bonds is 5. The van der Waals surface area contributed by atoms with Gasteiger partial charge in [-0.3, -0.25) is 4.79 Å². The number of benzene rings is 4. The summed E-state index contributed by atoms with van der Waals surface area (Å²) < 4.78 is 11.1. The average Bonchev–Trinajstić information content (AvgIpc) is 3.26. The third-order valence-electron chi connectivity index (χ3n) is 5.22. The third kappa shape index (κ3) is 3.96. The largest absolute Gasteiger partial charge is 0.497 e. The molecule has 5 nitrogen and oxygen atoms in total. The molecule has 0 saturated heterocycles. The highest BCUT2D eigenvalue weighted by molar-refractivity contribution is 6.03. The Morgan fingerprint density at radius 1 is 0.969 bits per heavy atom. The number of anilines is 1. The van der Waals surface area contributed by atoms with Gasteiger partial charge in [0.05, 0.1) is 7.11 Å². The lowest BCUT2D eigenvalue weighted by molar-refractivity contribution is -0.111. The van der Waals surface area contributed by atoms with Gasteiger partial charge >= 0.3 is 0 Å². The molecule has 0 atom stereocenters. The first kappa shape index (κ1) is 19.6. The maximum atomic E-state index is 12.4. The first-order valence-corrected chi connectivity index (χ1v) is 10.2. The van der Waals surface area contributed by atoms with Crippen molar-refractivity contribution in [1.29, 1.82) is 0 Å². The normalized spacial score (nSPS) is 11.3.